The zero-order valence-corrected chi connectivity index (χ0v) is 18.3. The van der Waals surface area contributed by atoms with E-state index in [0.29, 0.717) is 25.0 Å². The van der Waals surface area contributed by atoms with Crippen molar-refractivity contribution in [3.8, 4) is 17.4 Å². The zero-order chi connectivity index (χ0) is 22.6. The largest absolute Gasteiger partial charge is 0.467 e. The van der Waals surface area contributed by atoms with Crippen LogP contribution in [0.25, 0.3) is 22.4 Å². The number of fused-ring (bicyclic) bond motifs is 1. The topological polar surface area (TPSA) is 114 Å². The van der Waals surface area contributed by atoms with Crippen LogP contribution in [0.15, 0.2) is 65.3 Å². The van der Waals surface area contributed by atoms with Crippen molar-refractivity contribution in [1.29, 1.82) is 0 Å². The van der Waals surface area contributed by atoms with E-state index in [9.17, 15) is 0 Å². The van der Waals surface area contributed by atoms with Gasteiger partial charge in [-0.1, -0.05) is 18.2 Å². The molecule has 0 aliphatic carbocycles. The van der Waals surface area contributed by atoms with E-state index in [2.05, 4.69) is 49.6 Å². The molecular weight excluding hydrogens is 418 g/mol. The molecule has 166 valence electrons. The van der Waals surface area contributed by atoms with Crippen LogP contribution in [-0.2, 0) is 6.54 Å². The minimum atomic E-state index is 0.237. The molecule has 0 atom stereocenters. The Balaban J connectivity index is 1.39. The molecule has 0 saturated heterocycles. The highest BCUT2D eigenvalue weighted by Gasteiger charge is 2.10. The van der Waals surface area contributed by atoms with Crippen LogP contribution >= 0.6 is 0 Å². The second-order valence-corrected chi connectivity index (χ2v) is 7.44. The highest BCUT2D eigenvalue weighted by Crippen LogP contribution is 2.25. The van der Waals surface area contributed by atoms with Crippen molar-refractivity contribution in [3.63, 3.8) is 0 Å². The summed E-state index contributed by atoms with van der Waals surface area (Å²) in [6.07, 6.45) is 1.62. The van der Waals surface area contributed by atoms with Gasteiger partial charge in [0.25, 0.3) is 0 Å². The molecule has 0 amide bonds. The van der Waals surface area contributed by atoms with Crippen molar-refractivity contribution in [3.05, 3.63) is 72.2 Å². The maximum atomic E-state index is 5.52. The third kappa shape index (κ3) is 4.77. The first kappa shape index (κ1) is 20.5. The number of rotatable bonds is 8. The molecule has 5 aromatic rings. The molecule has 2 aromatic carbocycles. The predicted octanol–water partition coefficient (Wildman–Crippen LogP) is 5.07. The van der Waals surface area contributed by atoms with Gasteiger partial charge in [0.2, 0.25) is 11.9 Å². The molecule has 9 heteroatoms. The Morgan fingerprint density at radius 1 is 0.970 bits per heavy atom. The minimum Gasteiger partial charge on any atom is -0.467 e. The van der Waals surface area contributed by atoms with Crippen molar-refractivity contribution < 1.29 is 9.15 Å². The van der Waals surface area contributed by atoms with Crippen molar-refractivity contribution in [2.45, 2.75) is 20.4 Å². The average molecular weight is 441 g/mol. The SMILES string of the molecule is CCOc1nc(NCc2ccco2)nc(Nc2cccc(-c3nc4ccc(C)cc4[nH]3)c2)n1. The zero-order valence-electron chi connectivity index (χ0n) is 18.3. The first-order valence-corrected chi connectivity index (χ1v) is 10.7. The van der Waals surface area contributed by atoms with Crippen LogP contribution in [-0.4, -0.2) is 31.5 Å². The number of H-pyrrole nitrogens is 1. The van der Waals surface area contributed by atoms with E-state index in [4.69, 9.17) is 14.1 Å². The monoisotopic (exact) mass is 441 g/mol. The van der Waals surface area contributed by atoms with Crippen LogP contribution in [0.4, 0.5) is 17.6 Å². The average Bonchev–Trinajstić information content (AvgIpc) is 3.48. The number of benzene rings is 2. The fraction of sp³-hybridized carbons (Fsp3) is 0.167. The Morgan fingerprint density at radius 2 is 1.88 bits per heavy atom. The van der Waals surface area contributed by atoms with Gasteiger partial charge in [0.15, 0.2) is 0 Å². The van der Waals surface area contributed by atoms with E-state index in [1.807, 2.05) is 49.4 Å². The molecule has 0 spiro atoms. The summed E-state index contributed by atoms with van der Waals surface area (Å²) < 4.78 is 10.9. The number of hydrogen-bond acceptors (Lipinski definition) is 8. The second-order valence-electron chi connectivity index (χ2n) is 7.44. The van der Waals surface area contributed by atoms with E-state index >= 15 is 0 Å². The fourth-order valence-electron chi connectivity index (χ4n) is 3.40. The molecule has 0 unspecified atom stereocenters. The summed E-state index contributed by atoms with van der Waals surface area (Å²) in [5.41, 5.74) is 4.89. The molecule has 0 saturated carbocycles. The smallest absolute Gasteiger partial charge is 0.323 e. The Hall–Kier alpha value is -4.40. The van der Waals surface area contributed by atoms with E-state index in [-0.39, 0.29) is 6.01 Å². The van der Waals surface area contributed by atoms with Crippen LogP contribution in [0.1, 0.15) is 18.2 Å². The lowest BCUT2D eigenvalue weighted by Gasteiger charge is -2.10. The molecule has 9 nitrogen and oxygen atoms in total. The van der Waals surface area contributed by atoms with Crippen LogP contribution < -0.4 is 15.4 Å². The van der Waals surface area contributed by atoms with Gasteiger partial charge in [0, 0.05) is 11.3 Å². The molecule has 0 aliphatic heterocycles. The summed E-state index contributed by atoms with van der Waals surface area (Å²) in [4.78, 5) is 21.2. The summed E-state index contributed by atoms with van der Waals surface area (Å²) in [5, 5.41) is 6.38. The normalized spacial score (nSPS) is 11.0. The molecular formula is C24H23N7O2. The van der Waals surface area contributed by atoms with Crippen LogP contribution in [0.2, 0.25) is 0 Å². The fourth-order valence-corrected chi connectivity index (χ4v) is 3.40. The van der Waals surface area contributed by atoms with Crippen LogP contribution in [0, 0.1) is 6.92 Å². The van der Waals surface area contributed by atoms with Gasteiger partial charge >= 0.3 is 6.01 Å². The number of hydrogen-bond donors (Lipinski definition) is 3. The summed E-state index contributed by atoms with van der Waals surface area (Å²) in [7, 11) is 0. The molecule has 3 aromatic heterocycles. The van der Waals surface area contributed by atoms with Gasteiger partial charge in [-0.25, -0.2) is 4.98 Å². The summed E-state index contributed by atoms with van der Waals surface area (Å²) in [6.45, 7) is 4.84. The van der Waals surface area contributed by atoms with Gasteiger partial charge in [-0.3, -0.25) is 0 Å². The second kappa shape index (κ2) is 8.99. The number of anilines is 3. The summed E-state index contributed by atoms with van der Waals surface area (Å²) >= 11 is 0. The molecule has 0 radical (unpaired) electrons. The molecule has 3 heterocycles. The standard InChI is InChI=1S/C24H23N7O2/c1-3-32-24-30-22(25-14-18-8-5-11-33-18)29-23(31-24)26-17-7-4-6-16(13-17)21-27-19-10-9-15(2)12-20(19)28-21/h4-13H,3,14H2,1-2H3,(H,27,28)(H2,25,26,29,30,31). The van der Waals surface area contributed by atoms with Crippen LogP contribution in [0.5, 0.6) is 6.01 Å². The van der Waals surface area contributed by atoms with Crippen molar-refractivity contribution >= 4 is 28.6 Å². The van der Waals surface area contributed by atoms with Crippen molar-refractivity contribution in [2.24, 2.45) is 0 Å². The van der Waals surface area contributed by atoms with E-state index in [1.54, 1.807) is 6.26 Å². The lowest BCUT2D eigenvalue weighted by Crippen LogP contribution is -2.09. The van der Waals surface area contributed by atoms with Crippen LogP contribution in [0.3, 0.4) is 0 Å². The Labute approximate surface area is 190 Å². The molecule has 5 rings (SSSR count). The van der Waals surface area contributed by atoms with Gasteiger partial charge in [0.1, 0.15) is 11.6 Å². The maximum absolute atomic E-state index is 5.52. The third-order valence-electron chi connectivity index (χ3n) is 4.92. The molecule has 33 heavy (non-hydrogen) atoms. The quantitative estimate of drug-likeness (QED) is 0.306. The van der Waals surface area contributed by atoms with Gasteiger partial charge in [-0.15, -0.1) is 0 Å². The van der Waals surface area contributed by atoms with Crippen molar-refractivity contribution in [1.82, 2.24) is 24.9 Å². The first-order chi connectivity index (χ1) is 16.2. The number of imidazole rings is 1. The highest BCUT2D eigenvalue weighted by molar-refractivity contribution is 5.80. The van der Waals surface area contributed by atoms with E-state index in [1.165, 1.54) is 5.56 Å². The number of aryl methyl sites for hydroxylation is 1. The van der Waals surface area contributed by atoms with E-state index in [0.717, 1.165) is 33.9 Å². The molecule has 0 bridgehead atoms. The molecule has 0 fully saturated rings. The number of nitrogens with one attached hydrogen (secondary N) is 3. The maximum Gasteiger partial charge on any atom is 0.323 e. The Bertz CT molecular complexity index is 1380. The minimum absolute atomic E-state index is 0.237. The number of aromatic nitrogens is 5. The lowest BCUT2D eigenvalue weighted by atomic mass is 10.2. The number of ether oxygens (including phenoxy) is 1. The van der Waals surface area contributed by atoms with Gasteiger partial charge < -0.3 is 24.8 Å². The highest BCUT2D eigenvalue weighted by atomic mass is 16.5. The lowest BCUT2D eigenvalue weighted by molar-refractivity contribution is 0.312. The number of nitrogens with zero attached hydrogens (tertiary/aromatic N) is 4. The predicted molar refractivity (Wildman–Crippen MR) is 127 cm³/mol. The molecule has 0 aliphatic rings. The Morgan fingerprint density at radius 3 is 2.73 bits per heavy atom. The van der Waals surface area contributed by atoms with Gasteiger partial charge in [0.05, 0.1) is 30.4 Å². The summed E-state index contributed by atoms with van der Waals surface area (Å²) in [5.74, 6) is 2.33. The third-order valence-corrected chi connectivity index (χ3v) is 4.92. The molecule has 3 N–H and O–H groups in total. The van der Waals surface area contributed by atoms with Gasteiger partial charge in [-0.05, 0) is 55.8 Å². The summed E-state index contributed by atoms with van der Waals surface area (Å²) in [6, 6.07) is 18.0. The van der Waals surface area contributed by atoms with E-state index < -0.39 is 0 Å². The Kier molecular flexibility index (Phi) is 5.59. The first-order valence-electron chi connectivity index (χ1n) is 10.7. The number of furan rings is 1. The van der Waals surface area contributed by atoms with Gasteiger partial charge in [-0.2, -0.15) is 15.0 Å². The number of aromatic amines is 1. The van der Waals surface area contributed by atoms with Crippen molar-refractivity contribution in [2.75, 3.05) is 17.2 Å².